The molecule has 1 heterocycles. The van der Waals surface area contributed by atoms with Crippen molar-refractivity contribution in [1.82, 2.24) is 4.90 Å². The molecule has 21 heavy (non-hydrogen) atoms. The van der Waals surface area contributed by atoms with Crippen LogP contribution in [-0.4, -0.2) is 35.1 Å². The van der Waals surface area contributed by atoms with Gasteiger partial charge in [0, 0.05) is 18.8 Å². The van der Waals surface area contributed by atoms with Crippen LogP contribution in [0.2, 0.25) is 0 Å². The van der Waals surface area contributed by atoms with Gasteiger partial charge in [-0.3, -0.25) is 4.79 Å². The predicted molar refractivity (Wildman–Crippen MR) is 76.7 cm³/mol. The molecule has 1 saturated heterocycles. The second kappa shape index (κ2) is 5.71. The summed E-state index contributed by atoms with van der Waals surface area (Å²) in [6.07, 6.45) is 0.916. The highest BCUT2D eigenvalue weighted by atomic mass is 19.1. The van der Waals surface area contributed by atoms with E-state index in [0.29, 0.717) is 25.1 Å². The van der Waals surface area contributed by atoms with E-state index in [-0.39, 0.29) is 12.6 Å². The zero-order chi connectivity index (χ0) is 15.6. The summed E-state index contributed by atoms with van der Waals surface area (Å²) in [5, 5.41) is 12.0. The fourth-order valence-electron chi connectivity index (χ4n) is 2.58. The Morgan fingerprint density at radius 3 is 2.76 bits per heavy atom. The van der Waals surface area contributed by atoms with E-state index >= 15 is 0 Å². The first-order valence-corrected chi connectivity index (χ1v) is 6.93. The summed E-state index contributed by atoms with van der Waals surface area (Å²) < 4.78 is 13.2. The van der Waals surface area contributed by atoms with Crippen molar-refractivity contribution in [2.45, 2.75) is 26.7 Å². The zero-order valence-electron chi connectivity index (χ0n) is 12.1. The van der Waals surface area contributed by atoms with E-state index in [4.69, 9.17) is 0 Å². The molecule has 1 fully saturated rings. The first-order valence-electron chi connectivity index (χ1n) is 6.93. The highest BCUT2D eigenvalue weighted by Gasteiger charge is 2.44. The molecule has 0 spiro atoms. The van der Waals surface area contributed by atoms with E-state index < -0.39 is 17.2 Å². The number of hydrogen-bond donors (Lipinski definition) is 2. The highest BCUT2D eigenvalue weighted by molar-refractivity contribution is 5.91. The Morgan fingerprint density at radius 2 is 2.19 bits per heavy atom. The minimum absolute atomic E-state index is 0.180. The Balaban J connectivity index is 2.09. The average molecular weight is 294 g/mol. The number of aryl methyl sites for hydroxylation is 1. The number of nitrogens with one attached hydrogen (secondary N) is 1. The first kappa shape index (κ1) is 15.3. The van der Waals surface area contributed by atoms with Crippen molar-refractivity contribution in [3.63, 3.8) is 0 Å². The molecule has 6 heteroatoms. The second-order valence-electron chi connectivity index (χ2n) is 5.50. The lowest BCUT2D eigenvalue weighted by atomic mass is 9.84. The van der Waals surface area contributed by atoms with Gasteiger partial charge in [-0.1, -0.05) is 13.0 Å². The summed E-state index contributed by atoms with van der Waals surface area (Å²) in [6.45, 7) is 4.15. The molecule has 1 aromatic carbocycles. The van der Waals surface area contributed by atoms with Crippen LogP contribution in [0.25, 0.3) is 0 Å². The van der Waals surface area contributed by atoms with Gasteiger partial charge in [-0.2, -0.15) is 0 Å². The Labute approximate surface area is 122 Å². The van der Waals surface area contributed by atoms with Crippen LogP contribution in [0.15, 0.2) is 18.2 Å². The van der Waals surface area contributed by atoms with Crippen LogP contribution in [-0.2, 0) is 4.79 Å². The number of hydrogen-bond acceptors (Lipinski definition) is 2. The maximum Gasteiger partial charge on any atom is 0.321 e. The van der Waals surface area contributed by atoms with Crippen molar-refractivity contribution in [3.8, 4) is 0 Å². The minimum Gasteiger partial charge on any atom is -0.481 e. The molecule has 5 nitrogen and oxygen atoms in total. The number of anilines is 1. The van der Waals surface area contributed by atoms with Crippen molar-refractivity contribution >= 4 is 17.7 Å². The van der Waals surface area contributed by atoms with E-state index in [1.165, 1.54) is 17.0 Å². The number of carbonyl (C=O) groups is 2. The van der Waals surface area contributed by atoms with E-state index in [9.17, 15) is 19.1 Å². The second-order valence-corrected chi connectivity index (χ2v) is 5.50. The van der Waals surface area contributed by atoms with Crippen LogP contribution in [0.5, 0.6) is 0 Å². The van der Waals surface area contributed by atoms with Gasteiger partial charge in [0.2, 0.25) is 0 Å². The molecule has 0 aliphatic carbocycles. The van der Waals surface area contributed by atoms with E-state index in [0.717, 1.165) is 5.56 Å². The molecule has 2 rings (SSSR count). The quantitative estimate of drug-likeness (QED) is 0.900. The van der Waals surface area contributed by atoms with Gasteiger partial charge in [-0.05, 0) is 37.5 Å². The number of carbonyl (C=O) groups excluding carboxylic acids is 1. The van der Waals surface area contributed by atoms with Crippen molar-refractivity contribution in [3.05, 3.63) is 29.6 Å². The van der Waals surface area contributed by atoms with Crippen molar-refractivity contribution in [1.29, 1.82) is 0 Å². The average Bonchev–Trinajstić information content (AvgIpc) is 2.89. The number of aliphatic carboxylic acids is 1. The van der Waals surface area contributed by atoms with E-state index in [1.807, 2.05) is 6.92 Å². The molecule has 2 N–H and O–H groups in total. The summed E-state index contributed by atoms with van der Waals surface area (Å²) >= 11 is 0. The fourth-order valence-corrected chi connectivity index (χ4v) is 2.58. The standard InChI is InChI=1S/C15H19FN2O3/c1-3-15(13(19)20)6-7-18(9-15)14(21)17-12-8-11(16)5-4-10(12)2/h4-5,8H,3,6-7,9H2,1-2H3,(H,17,21)(H,19,20). The summed E-state index contributed by atoms with van der Waals surface area (Å²) in [4.78, 5) is 25.1. The molecule has 1 unspecified atom stereocenters. The van der Waals surface area contributed by atoms with Crippen molar-refractivity contribution in [2.75, 3.05) is 18.4 Å². The van der Waals surface area contributed by atoms with Gasteiger partial charge in [0.1, 0.15) is 5.82 Å². The number of urea groups is 1. The van der Waals surface area contributed by atoms with Gasteiger partial charge in [0.25, 0.3) is 0 Å². The van der Waals surface area contributed by atoms with Crippen LogP contribution in [0.3, 0.4) is 0 Å². The monoisotopic (exact) mass is 294 g/mol. The van der Waals surface area contributed by atoms with Crippen molar-refractivity contribution < 1.29 is 19.1 Å². The molecule has 1 aliphatic rings. The first-order chi connectivity index (χ1) is 9.88. The van der Waals surface area contributed by atoms with Crippen LogP contribution in [0.4, 0.5) is 14.9 Å². The number of halogens is 1. The topological polar surface area (TPSA) is 69.6 Å². The van der Waals surface area contributed by atoms with Gasteiger partial charge in [0.05, 0.1) is 5.41 Å². The molecule has 1 aliphatic heterocycles. The molecule has 2 amide bonds. The summed E-state index contributed by atoms with van der Waals surface area (Å²) in [5.74, 6) is -1.30. The number of carboxylic acid groups (broad SMARTS) is 1. The normalized spacial score (nSPS) is 21.4. The third kappa shape index (κ3) is 2.99. The third-order valence-electron chi connectivity index (χ3n) is 4.21. The molecule has 114 valence electrons. The molecule has 0 saturated carbocycles. The molecule has 1 atom stereocenters. The van der Waals surface area contributed by atoms with E-state index in [2.05, 4.69) is 5.32 Å². The van der Waals surface area contributed by atoms with Gasteiger partial charge < -0.3 is 15.3 Å². The Bertz CT molecular complexity index is 576. The molecule has 0 radical (unpaired) electrons. The number of nitrogens with zero attached hydrogens (tertiary/aromatic N) is 1. The molecule has 0 bridgehead atoms. The summed E-state index contributed by atoms with van der Waals surface area (Å²) in [5.41, 5.74) is 0.294. The van der Waals surface area contributed by atoms with Gasteiger partial charge in [-0.25, -0.2) is 9.18 Å². The van der Waals surface area contributed by atoms with Gasteiger partial charge in [-0.15, -0.1) is 0 Å². The Morgan fingerprint density at radius 1 is 1.48 bits per heavy atom. The lowest BCUT2D eigenvalue weighted by Crippen LogP contribution is -2.38. The van der Waals surface area contributed by atoms with Crippen LogP contribution in [0, 0.1) is 18.2 Å². The molecule has 0 aromatic heterocycles. The minimum atomic E-state index is -0.873. The highest BCUT2D eigenvalue weighted by Crippen LogP contribution is 2.34. The van der Waals surface area contributed by atoms with Crippen LogP contribution < -0.4 is 5.32 Å². The third-order valence-corrected chi connectivity index (χ3v) is 4.21. The maximum absolute atomic E-state index is 13.2. The summed E-state index contributed by atoms with van der Waals surface area (Å²) in [7, 11) is 0. The molecular formula is C15H19FN2O3. The largest absolute Gasteiger partial charge is 0.481 e. The molecule has 1 aromatic rings. The maximum atomic E-state index is 13.2. The number of rotatable bonds is 3. The fraction of sp³-hybridized carbons (Fsp3) is 0.467. The number of benzene rings is 1. The van der Waals surface area contributed by atoms with Crippen LogP contribution in [0.1, 0.15) is 25.3 Å². The van der Waals surface area contributed by atoms with Crippen LogP contribution >= 0.6 is 0 Å². The number of carboxylic acids is 1. The van der Waals surface area contributed by atoms with Crippen molar-refractivity contribution in [2.24, 2.45) is 5.41 Å². The zero-order valence-corrected chi connectivity index (χ0v) is 12.1. The van der Waals surface area contributed by atoms with Gasteiger partial charge in [0.15, 0.2) is 0 Å². The summed E-state index contributed by atoms with van der Waals surface area (Å²) in [6, 6.07) is 3.78. The smallest absolute Gasteiger partial charge is 0.321 e. The van der Waals surface area contributed by atoms with E-state index in [1.54, 1.807) is 13.0 Å². The Kier molecular flexibility index (Phi) is 4.16. The lowest BCUT2D eigenvalue weighted by Gasteiger charge is -2.23. The number of likely N-dealkylation sites (tertiary alicyclic amines) is 1. The molecular weight excluding hydrogens is 275 g/mol. The SMILES string of the molecule is CCC1(C(=O)O)CCN(C(=O)Nc2cc(F)ccc2C)C1. The lowest BCUT2D eigenvalue weighted by molar-refractivity contribution is -0.148. The number of amides is 2. The Hall–Kier alpha value is -2.11. The van der Waals surface area contributed by atoms with Gasteiger partial charge >= 0.3 is 12.0 Å². The predicted octanol–water partition coefficient (Wildman–Crippen LogP) is 2.85.